The molecule has 0 saturated carbocycles. The molecule has 4 heteroatoms. The lowest BCUT2D eigenvalue weighted by Gasteiger charge is -2.26. The molecule has 0 aliphatic carbocycles. The summed E-state index contributed by atoms with van der Waals surface area (Å²) in [7, 11) is 0. The third kappa shape index (κ3) is 5.58. The Morgan fingerprint density at radius 3 is 2.38 bits per heavy atom. The number of carboxylic acids is 1. The van der Waals surface area contributed by atoms with Crippen LogP contribution in [-0.2, 0) is 4.79 Å². The summed E-state index contributed by atoms with van der Waals surface area (Å²) < 4.78 is 0. The van der Waals surface area contributed by atoms with Crippen LogP contribution in [0, 0.1) is 19.3 Å². The first-order chi connectivity index (χ1) is 9.60. The van der Waals surface area contributed by atoms with Crippen LogP contribution in [0.2, 0.25) is 0 Å². The van der Waals surface area contributed by atoms with E-state index in [4.69, 9.17) is 5.11 Å². The molecule has 1 rings (SSSR count). The molecule has 0 aliphatic heterocycles. The minimum atomic E-state index is -0.898. The molecule has 1 atom stereocenters. The van der Waals surface area contributed by atoms with Crippen molar-refractivity contribution in [3.8, 4) is 0 Å². The van der Waals surface area contributed by atoms with E-state index in [1.165, 1.54) is 0 Å². The van der Waals surface area contributed by atoms with Crippen LogP contribution in [0.5, 0.6) is 0 Å². The summed E-state index contributed by atoms with van der Waals surface area (Å²) in [6.07, 6.45) is 0.559. The average Bonchev–Trinajstić information content (AvgIpc) is 2.29. The summed E-state index contributed by atoms with van der Waals surface area (Å²) in [6.45, 7) is 9.96. The lowest BCUT2D eigenvalue weighted by molar-refractivity contribution is -0.137. The van der Waals surface area contributed by atoms with Crippen molar-refractivity contribution in [2.75, 3.05) is 0 Å². The quantitative estimate of drug-likeness (QED) is 0.874. The highest BCUT2D eigenvalue weighted by atomic mass is 16.4. The van der Waals surface area contributed by atoms with Crippen LogP contribution < -0.4 is 5.32 Å². The van der Waals surface area contributed by atoms with Crippen molar-refractivity contribution in [1.82, 2.24) is 5.32 Å². The van der Waals surface area contributed by atoms with E-state index < -0.39 is 5.97 Å². The number of nitrogens with one attached hydrogen (secondary N) is 1. The molecule has 0 aliphatic rings. The predicted molar refractivity (Wildman–Crippen MR) is 83.5 cm³/mol. The summed E-state index contributed by atoms with van der Waals surface area (Å²) >= 11 is 0. The fourth-order valence-corrected chi connectivity index (χ4v) is 2.38. The highest BCUT2D eigenvalue weighted by Gasteiger charge is 2.23. The van der Waals surface area contributed by atoms with E-state index >= 15 is 0 Å². The van der Waals surface area contributed by atoms with Gasteiger partial charge in [0.15, 0.2) is 0 Å². The molecule has 0 saturated heterocycles. The number of carboxylic acid groups (broad SMARTS) is 1. The minimum Gasteiger partial charge on any atom is -0.481 e. The van der Waals surface area contributed by atoms with Crippen LogP contribution in [0.4, 0.5) is 0 Å². The van der Waals surface area contributed by atoms with Gasteiger partial charge in [-0.05, 0) is 42.9 Å². The first kappa shape index (κ1) is 17.2. The van der Waals surface area contributed by atoms with Crippen molar-refractivity contribution in [3.63, 3.8) is 0 Å². The fraction of sp³-hybridized carbons (Fsp3) is 0.529. The number of carbonyl (C=O) groups excluding carboxylic acids is 1. The highest BCUT2D eigenvalue weighted by molar-refractivity contribution is 5.96. The van der Waals surface area contributed by atoms with Gasteiger partial charge in [0.05, 0.1) is 6.42 Å². The second kappa shape index (κ2) is 6.74. The first-order valence-electron chi connectivity index (χ1n) is 7.19. The van der Waals surface area contributed by atoms with Crippen LogP contribution >= 0.6 is 0 Å². The van der Waals surface area contributed by atoms with Crippen LogP contribution in [0.25, 0.3) is 0 Å². The van der Waals surface area contributed by atoms with E-state index in [0.717, 1.165) is 11.1 Å². The normalized spacial score (nSPS) is 12.8. The van der Waals surface area contributed by atoms with Crippen molar-refractivity contribution in [1.29, 1.82) is 0 Å². The van der Waals surface area contributed by atoms with Crippen LogP contribution in [0.1, 0.15) is 55.1 Å². The van der Waals surface area contributed by atoms with Gasteiger partial charge in [0.25, 0.3) is 5.91 Å². The molecule has 4 nitrogen and oxygen atoms in total. The Hall–Kier alpha value is -1.84. The monoisotopic (exact) mass is 291 g/mol. The number of aliphatic carboxylic acids is 1. The summed E-state index contributed by atoms with van der Waals surface area (Å²) in [5.74, 6) is -1.10. The van der Waals surface area contributed by atoms with E-state index in [-0.39, 0.29) is 23.8 Å². The van der Waals surface area contributed by atoms with Gasteiger partial charge >= 0.3 is 5.97 Å². The summed E-state index contributed by atoms with van der Waals surface area (Å²) in [5.41, 5.74) is 2.54. The van der Waals surface area contributed by atoms with Gasteiger partial charge in [-0.2, -0.15) is 0 Å². The Morgan fingerprint density at radius 1 is 1.24 bits per heavy atom. The van der Waals surface area contributed by atoms with Gasteiger partial charge in [0.1, 0.15) is 0 Å². The van der Waals surface area contributed by atoms with Crippen molar-refractivity contribution in [3.05, 3.63) is 34.9 Å². The van der Waals surface area contributed by atoms with Crippen LogP contribution in [-0.4, -0.2) is 23.0 Å². The number of rotatable bonds is 5. The summed E-state index contributed by atoms with van der Waals surface area (Å²) in [4.78, 5) is 23.4. The van der Waals surface area contributed by atoms with Crippen molar-refractivity contribution >= 4 is 11.9 Å². The van der Waals surface area contributed by atoms with E-state index in [9.17, 15) is 9.59 Å². The fourth-order valence-electron chi connectivity index (χ4n) is 2.38. The number of benzene rings is 1. The Bertz CT molecular complexity index is 529. The summed E-state index contributed by atoms with van der Waals surface area (Å²) in [5, 5.41) is 11.9. The number of hydrogen-bond donors (Lipinski definition) is 2. The molecule has 0 spiro atoms. The molecule has 0 aromatic heterocycles. The maximum Gasteiger partial charge on any atom is 0.305 e. The number of aryl methyl sites for hydroxylation is 1. The molecule has 116 valence electrons. The predicted octanol–water partition coefficient (Wildman–Crippen LogP) is 3.31. The molecule has 21 heavy (non-hydrogen) atoms. The standard InChI is InChI=1S/C17H25NO3/c1-11-7-6-8-14(12(11)2)16(21)18-13(9-15(19)20)10-17(3,4)5/h6-8,13H,9-10H2,1-5H3,(H,18,21)(H,19,20). The zero-order chi connectivity index (χ0) is 16.2. The van der Waals surface area contributed by atoms with Gasteiger partial charge in [-0.15, -0.1) is 0 Å². The average molecular weight is 291 g/mol. The Labute approximate surface area is 126 Å². The molecule has 0 heterocycles. The molecule has 0 bridgehead atoms. The lowest BCUT2D eigenvalue weighted by Crippen LogP contribution is -2.39. The molecular formula is C17H25NO3. The number of carbonyl (C=O) groups is 2. The number of amides is 1. The van der Waals surface area contributed by atoms with Crippen LogP contribution in [0.15, 0.2) is 18.2 Å². The molecule has 0 fully saturated rings. The smallest absolute Gasteiger partial charge is 0.305 e. The van der Waals surface area contributed by atoms with E-state index in [1.807, 2.05) is 46.8 Å². The summed E-state index contributed by atoms with van der Waals surface area (Å²) in [6, 6.07) is 5.20. The van der Waals surface area contributed by atoms with Gasteiger partial charge < -0.3 is 10.4 Å². The maximum absolute atomic E-state index is 12.4. The molecule has 1 amide bonds. The molecule has 1 aromatic rings. The van der Waals surface area contributed by atoms with E-state index in [2.05, 4.69) is 5.32 Å². The van der Waals surface area contributed by atoms with Gasteiger partial charge in [-0.25, -0.2) is 0 Å². The van der Waals surface area contributed by atoms with Crippen molar-refractivity contribution in [2.24, 2.45) is 5.41 Å². The highest BCUT2D eigenvalue weighted by Crippen LogP contribution is 2.23. The second-order valence-electron chi connectivity index (χ2n) is 6.78. The third-order valence-electron chi connectivity index (χ3n) is 3.46. The molecule has 1 unspecified atom stereocenters. The van der Waals surface area contributed by atoms with Gasteiger partial charge in [0.2, 0.25) is 0 Å². The second-order valence-corrected chi connectivity index (χ2v) is 6.78. The zero-order valence-electron chi connectivity index (χ0n) is 13.5. The van der Waals surface area contributed by atoms with Gasteiger partial charge in [-0.3, -0.25) is 9.59 Å². The Balaban J connectivity index is 2.89. The maximum atomic E-state index is 12.4. The SMILES string of the molecule is Cc1cccc(C(=O)NC(CC(=O)O)CC(C)(C)C)c1C. The zero-order valence-corrected chi connectivity index (χ0v) is 13.5. The third-order valence-corrected chi connectivity index (χ3v) is 3.46. The van der Waals surface area contributed by atoms with Crippen LogP contribution in [0.3, 0.4) is 0 Å². The van der Waals surface area contributed by atoms with E-state index in [1.54, 1.807) is 6.07 Å². The van der Waals surface area contributed by atoms with Crippen molar-refractivity contribution in [2.45, 2.75) is 53.5 Å². The number of hydrogen-bond acceptors (Lipinski definition) is 2. The van der Waals surface area contributed by atoms with E-state index in [0.29, 0.717) is 12.0 Å². The van der Waals surface area contributed by atoms with Gasteiger partial charge in [0, 0.05) is 11.6 Å². The molecule has 0 radical (unpaired) electrons. The minimum absolute atomic E-state index is 0.0466. The first-order valence-corrected chi connectivity index (χ1v) is 7.19. The molecule has 1 aromatic carbocycles. The van der Waals surface area contributed by atoms with Gasteiger partial charge in [-0.1, -0.05) is 32.9 Å². The lowest BCUT2D eigenvalue weighted by atomic mass is 9.87. The largest absolute Gasteiger partial charge is 0.481 e. The van der Waals surface area contributed by atoms with Crippen molar-refractivity contribution < 1.29 is 14.7 Å². The molecular weight excluding hydrogens is 266 g/mol. The Morgan fingerprint density at radius 2 is 1.86 bits per heavy atom. The Kier molecular flexibility index (Phi) is 5.53. The molecule has 2 N–H and O–H groups in total. The topological polar surface area (TPSA) is 66.4 Å².